The number of carbonyl (C=O) groups excluding carboxylic acids is 1. The Morgan fingerprint density at radius 2 is 2.02 bits per heavy atom. The van der Waals surface area contributed by atoms with Gasteiger partial charge in [0, 0.05) is 29.4 Å². The van der Waals surface area contributed by atoms with Crippen LogP contribution in [0.3, 0.4) is 0 Å². The molecule has 1 aliphatic heterocycles. The molecule has 1 saturated heterocycles. The van der Waals surface area contributed by atoms with E-state index in [0.717, 1.165) is 62.0 Å². The van der Waals surface area contributed by atoms with E-state index in [0.29, 0.717) is 28.9 Å². The molecule has 1 aliphatic rings. The summed E-state index contributed by atoms with van der Waals surface area (Å²) < 4.78 is 1.22. The maximum Gasteiger partial charge on any atom is 0.271 e. The van der Waals surface area contributed by atoms with Crippen LogP contribution in [0.25, 0.3) is 15.9 Å². The van der Waals surface area contributed by atoms with Crippen LogP contribution >= 0.6 is 11.3 Å². The van der Waals surface area contributed by atoms with Crippen molar-refractivity contribution in [1.29, 1.82) is 0 Å². The number of aryl methyl sites for hydroxylation is 1. The van der Waals surface area contributed by atoms with Gasteiger partial charge in [-0.1, -0.05) is 40.0 Å². The number of rotatable bonds is 11. The smallest absolute Gasteiger partial charge is 0.271 e. The minimum Gasteiger partial charge on any atom is -0.399 e. The van der Waals surface area contributed by atoms with Crippen LogP contribution in [0.1, 0.15) is 80.2 Å². The molecule has 1 unspecified atom stereocenters. The molecular formula is C32H44N6OS. The molecule has 3 aromatic rings. The van der Waals surface area contributed by atoms with E-state index < -0.39 is 0 Å². The number of fused-ring (bicyclic) bond motifs is 1. The van der Waals surface area contributed by atoms with Gasteiger partial charge in [0.25, 0.3) is 5.91 Å². The summed E-state index contributed by atoms with van der Waals surface area (Å²) in [5.74, 6) is 0.703. The summed E-state index contributed by atoms with van der Waals surface area (Å²) in [6.45, 7) is 16.4. The molecule has 3 heterocycles. The highest BCUT2D eigenvalue weighted by Crippen LogP contribution is 2.38. The molecule has 1 aromatic carbocycles. The molecule has 3 N–H and O–H groups in total. The van der Waals surface area contributed by atoms with Crippen LogP contribution in [-0.4, -0.2) is 52.9 Å². The first kappa shape index (κ1) is 29.7. The van der Waals surface area contributed by atoms with Crippen molar-refractivity contribution in [3.63, 3.8) is 0 Å². The summed E-state index contributed by atoms with van der Waals surface area (Å²) in [5.41, 5.74) is 11.3. The van der Waals surface area contributed by atoms with Crippen molar-refractivity contribution in [1.82, 2.24) is 19.8 Å². The van der Waals surface area contributed by atoms with Gasteiger partial charge in [0.1, 0.15) is 0 Å². The number of nitrogens with one attached hydrogen (secondary N) is 1. The Labute approximate surface area is 243 Å². The van der Waals surface area contributed by atoms with Gasteiger partial charge >= 0.3 is 0 Å². The van der Waals surface area contributed by atoms with Crippen LogP contribution in [0.15, 0.2) is 49.3 Å². The van der Waals surface area contributed by atoms with Gasteiger partial charge in [0.05, 0.1) is 38.8 Å². The number of carbonyl (C=O) groups is 1. The second-order valence-corrected chi connectivity index (χ2v) is 12.4. The number of amides is 1. The van der Waals surface area contributed by atoms with Crippen molar-refractivity contribution in [3.8, 4) is 0 Å². The molecule has 0 radical (unpaired) electrons. The fourth-order valence-corrected chi connectivity index (χ4v) is 6.68. The van der Waals surface area contributed by atoms with Crippen molar-refractivity contribution in [2.75, 3.05) is 32.5 Å². The Morgan fingerprint density at radius 1 is 1.25 bits per heavy atom. The number of thiazole rings is 1. The van der Waals surface area contributed by atoms with E-state index in [1.54, 1.807) is 6.20 Å². The topological polar surface area (TPSA) is 87.4 Å². The highest BCUT2D eigenvalue weighted by Gasteiger charge is 2.31. The molecule has 214 valence electrons. The molecule has 40 heavy (non-hydrogen) atoms. The quantitative estimate of drug-likeness (QED) is 0.259. The molecular weight excluding hydrogens is 516 g/mol. The van der Waals surface area contributed by atoms with E-state index >= 15 is 0 Å². The summed E-state index contributed by atoms with van der Waals surface area (Å²) in [6, 6.07) is 8.53. The lowest BCUT2D eigenvalue weighted by molar-refractivity contribution is -0.115. The maximum absolute atomic E-state index is 13.4. The van der Waals surface area contributed by atoms with Crippen molar-refractivity contribution in [3.05, 3.63) is 71.1 Å². The van der Waals surface area contributed by atoms with Crippen LogP contribution in [0.5, 0.6) is 0 Å². The number of nitrogens with two attached hydrogens (primary N) is 1. The number of benzene rings is 1. The van der Waals surface area contributed by atoms with Crippen LogP contribution < -0.4 is 11.1 Å². The number of hydrogen-bond donors (Lipinski definition) is 2. The highest BCUT2D eigenvalue weighted by atomic mass is 32.1. The Morgan fingerprint density at radius 3 is 2.70 bits per heavy atom. The van der Waals surface area contributed by atoms with Crippen molar-refractivity contribution < 1.29 is 4.79 Å². The van der Waals surface area contributed by atoms with Gasteiger partial charge < -0.3 is 20.9 Å². The van der Waals surface area contributed by atoms with E-state index in [-0.39, 0.29) is 11.9 Å². The number of anilines is 1. The van der Waals surface area contributed by atoms with Gasteiger partial charge in [0.15, 0.2) is 0 Å². The first-order chi connectivity index (χ1) is 19.1. The molecule has 7 nitrogen and oxygen atoms in total. The monoisotopic (exact) mass is 560 g/mol. The number of piperidine rings is 1. The molecule has 8 heteroatoms. The van der Waals surface area contributed by atoms with Crippen LogP contribution in [-0.2, 0) is 11.2 Å². The average molecular weight is 561 g/mol. The zero-order chi connectivity index (χ0) is 29.0. The largest absolute Gasteiger partial charge is 0.399 e. The number of nitrogens with zero attached hydrogens (tertiary/aromatic N) is 4. The number of aromatic nitrogens is 2. The number of hydrogen-bond acceptors (Lipinski definition) is 7. The number of likely N-dealkylation sites (tertiary alicyclic amines) is 1. The van der Waals surface area contributed by atoms with Crippen molar-refractivity contribution in [2.45, 2.75) is 64.8 Å². The Bertz CT molecular complexity index is 1380. The van der Waals surface area contributed by atoms with Crippen molar-refractivity contribution >= 4 is 38.8 Å². The van der Waals surface area contributed by atoms with Gasteiger partial charge in [-0.3, -0.25) is 9.78 Å². The van der Waals surface area contributed by atoms with E-state index in [4.69, 9.17) is 10.7 Å². The maximum atomic E-state index is 13.4. The van der Waals surface area contributed by atoms with Gasteiger partial charge in [-0.15, -0.1) is 11.3 Å². The average Bonchev–Trinajstić information content (AvgIpc) is 3.35. The minimum atomic E-state index is -0.234. The van der Waals surface area contributed by atoms with Crippen LogP contribution in [0.2, 0.25) is 0 Å². The molecule has 4 rings (SSSR count). The summed E-state index contributed by atoms with van der Waals surface area (Å²) in [7, 11) is 4.24. The molecule has 0 bridgehead atoms. The molecule has 0 saturated carbocycles. The van der Waals surface area contributed by atoms with E-state index in [1.165, 1.54) is 15.3 Å². The molecule has 1 fully saturated rings. The first-order valence-corrected chi connectivity index (χ1v) is 15.2. The van der Waals surface area contributed by atoms with Crippen LogP contribution in [0.4, 0.5) is 5.69 Å². The second-order valence-electron chi connectivity index (χ2n) is 11.3. The van der Waals surface area contributed by atoms with Crippen LogP contribution in [0, 0.1) is 5.92 Å². The molecule has 0 spiro atoms. The van der Waals surface area contributed by atoms with Gasteiger partial charge in [0.2, 0.25) is 0 Å². The predicted octanol–water partition coefficient (Wildman–Crippen LogP) is 6.55. The second kappa shape index (κ2) is 13.0. The van der Waals surface area contributed by atoms with E-state index in [9.17, 15) is 4.79 Å². The molecule has 1 amide bonds. The summed E-state index contributed by atoms with van der Waals surface area (Å²) >= 11 is 1.81. The van der Waals surface area contributed by atoms with Gasteiger partial charge in [-0.25, -0.2) is 4.98 Å². The van der Waals surface area contributed by atoms with Gasteiger partial charge in [-0.2, -0.15) is 0 Å². The zero-order valence-electron chi connectivity index (χ0n) is 24.7. The lowest BCUT2D eigenvalue weighted by Gasteiger charge is -2.41. The third kappa shape index (κ3) is 6.73. The predicted molar refractivity (Wildman–Crippen MR) is 168 cm³/mol. The molecule has 2 aromatic heterocycles. The number of pyridine rings is 1. The minimum absolute atomic E-state index is 0.0692. The lowest BCUT2D eigenvalue weighted by Crippen LogP contribution is -2.40. The molecule has 0 aliphatic carbocycles. The van der Waals surface area contributed by atoms with E-state index in [1.807, 2.05) is 24.3 Å². The first-order valence-electron chi connectivity index (χ1n) is 14.4. The summed E-state index contributed by atoms with van der Waals surface area (Å²) in [4.78, 5) is 27.4. The standard InChI is InChI=1S/C32H44N6OS/c1-8-23(14-15-37(6)7)32-36-28-16-24(11-13-30(28)40-32)29-12-10-20(3)19-38(29)22(5)31(39)35-25-17-26(21(4)33)27(9-2)34-18-25/h11,13,16-18,20,23,29H,4-5,8-10,12,14-15,19,33H2,1-3,6-7H3,(H,35,39)/t20?,23-,29-/m1/s1. The lowest BCUT2D eigenvalue weighted by atomic mass is 9.89. The third-order valence-corrected chi connectivity index (χ3v) is 9.11. The normalized spacial score (nSPS) is 18.2. The SMILES string of the molecule is C=C(N)c1cc(NC(=O)C(=C)N2CC(C)CC[C@@H]2c2ccc3sc([C@H](CC)CCN(C)C)nc3c2)cnc1CC. The highest BCUT2D eigenvalue weighted by molar-refractivity contribution is 7.18. The molecule has 3 atom stereocenters. The Balaban J connectivity index is 1.56. The Kier molecular flexibility index (Phi) is 9.64. The van der Waals surface area contributed by atoms with Gasteiger partial charge in [-0.05, 0) is 82.4 Å². The van der Waals surface area contributed by atoms with Crippen molar-refractivity contribution in [2.24, 2.45) is 11.7 Å². The van der Waals surface area contributed by atoms with E-state index in [2.05, 4.69) is 79.4 Å². The Hall–Kier alpha value is -3.23. The zero-order valence-corrected chi connectivity index (χ0v) is 25.5. The fraction of sp³-hybridized carbons (Fsp3) is 0.469. The third-order valence-electron chi connectivity index (χ3n) is 7.91. The fourth-order valence-electron chi connectivity index (χ4n) is 5.51. The summed E-state index contributed by atoms with van der Waals surface area (Å²) in [5, 5.41) is 4.21. The summed E-state index contributed by atoms with van der Waals surface area (Å²) in [6.07, 6.45) is 6.66.